The van der Waals surface area contributed by atoms with Crippen molar-refractivity contribution in [2.75, 3.05) is 38.7 Å². The number of hydrogen-bond donors (Lipinski definition) is 0. The second-order valence-corrected chi connectivity index (χ2v) is 9.52. The number of rotatable bonds is 7. The van der Waals surface area contributed by atoms with E-state index in [-0.39, 0.29) is 18.0 Å². The molecule has 3 heterocycles. The Morgan fingerprint density at radius 3 is 2.73 bits per heavy atom. The standard InChI is InChI=1S/C22H31FN6O/c1-27(2)12-18-13-29(26-25-18)20-8-16-10-28(22-19(23)4-3-7-24-22)11-17(16)9-21(20)30-14-15-5-6-15/h3-4,7,13,15-17,20-21H,5-6,8-12,14H2,1-2H3/t16-,17+,20-,21-/m1/s1. The van der Waals surface area contributed by atoms with E-state index in [9.17, 15) is 4.39 Å². The molecule has 4 atom stereocenters. The van der Waals surface area contributed by atoms with Gasteiger partial charge in [-0.15, -0.1) is 5.10 Å². The molecule has 0 unspecified atom stereocenters. The summed E-state index contributed by atoms with van der Waals surface area (Å²) in [7, 11) is 4.07. The summed E-state index contributed by atoms with van der Waals surface area (Å²) in [4.78, 5) is 8.52. The smallest absolute Gasteiger partial charge is 0.165 e. The predicted octanol–water partition coefficient (Wildman–Crippen LogP) is 2.76. The third-order valence-electron chi connectivity index (χ3n) is 6.74. The summed E-state index contributed by atoms with van der Waals surface area (Å²) in [5.74, 6) is 1.95. The van der Waals surface area contributed by atoms with Crippen molar-refractivity contribution >= 4 is 5.82 Å². The first-order valence-corrected chi connectivity index (χ1v) is 11.1. The highest BCUT2D eigenvalue weighted by Crippen LogP contribution is 2.44. The minimum absolute atomic E-state index is 0.134. The Balaban J connectivity index is 1.34. The van der Waals surface area contributed by atoms with Crippen LogP contribution in [0.3, 0.4) is 0 Å². The van der Waals surface area contributed by atoms with Gasteiger partial charge in [0.05, 0.1) is 24.0 Å². The molecule has 162 valence electrons. The van der Waals surface area contributed by atoms with Gasteiger partial charge in [-0.25, -0.2) is 14.1 Å². The maximum absolute atomic E-state index is 14.3. The van der Waals surface area contributed by atoms with Crippen molar-refractivity contribution in [3.05, 3.63) is 36.0 Å². The largest absolute Gasteiger partial charge is 0.376 e. The molecule has 0 amide bonds. The zero-order chi connectivity index (χ0) is 20.7. The minimum atomic E-state index is -0.237. The third-order valence-corrected chi connectivity index (χ3v) is 6.74. The quantitative estimate of drug-likeness (QED) is 0.694. The number of fused-ring (bicyclic) bond motifs is 1. The summed E-state index contributed by atoms with van der Waals surface area (Å²) < 4.78 is 22.8. The zero-order valence-electron chi connectivity index (χ0n) is 17.8. The van der Waals surface area contributed by atoms with Crippen molar-refractivity contribution in [3.8, 4) is 0 Å². The van der Waals surface area contributed by atoms with E-state index in [0.29, 0.717) is 17.7 Å². The summed E-state index contributed by atoms with van der Waals surface area (Å²) in [6.45, 7) is 3.30. The van der Waals surface area contributed by atoms with E-state index in [1.807, 2.05) is 18.8 Å². The van der Waals surface area contributed by atoms with Gasteiger partial charge in [-0.3, -0.25) is 0 Å². The molecule has 3 fully saturated rings. The lowest BCUT2D eigenvalue weighted by Crippen LogP contribution is -2.38. The van der Waals surface area contributed by atoms with E-state index in [2.05, 4.69) is 31.3 Å². The number of pyridine rings is 1. The molecule has 0 N–H and O–H groups in total. The molecular weight excluding hydrogens is 383 g/mol. The van der Waals surface area contributed by atoms with E-state index in [1.54, 1.807) is 12.3 Å². The van der Waals surface area contributed by atoms with E-state index >= 15 is 0 Å². The Morgan fingerprint density at radius 1 is 1.20 bits per heavy atom. The summed E-state index contributed by atoms with van der Waals surface area (Å²) in [6, 6.07) is 3.33. The molecule has 2 saturated carbocycles. The fraction of sp³-hybridized carbons (Fsp3) is 0.682. The topological polar surface area (TPSA) is 59.3 Å². The fourth-order valence-electron chi connectivity index (χ4n) is 5.05. The number of hydrogen-bond acceptors (Lipinski definition) is 6. The molecule has 8 heteroatoms. The molecule has 1 saturated heterocycles. The van der Waals surface area contributed by atoms with E-state index < -0.39 is 0 Å². The van der Waals surface area contributed by atoms with Crippen molar-refractivity contribution in [3.63, 3.8) is 0 Å². The van der Waals surface area contributed by atoms with Crippen molar-refractivity contribution in [1.29, 1.82) is 0 Å². The van der Waals surface area contributed by atoms with Crippen molar-refractivity contribution in [2.45, 2.75) is 44.4 Å². The van der Waals surface area contributed by atoms with Crippen molar-refractivity contribution in [2.24, 2.45) is 17.8 Å². The van der Waals surface area contributed by atoms with Crippen LogP contribution in [0, 0.1) is 23.6 Å². The van der Waals surface area contributed by atoms with Crippen LogP contribution in [0.5, 0.6) is 0 Å². The SMILES string of the molecule is CN(C)Cc1cn([C@@H]2C[C@@H]3CN(c4ncccc4F)C[C@@H]3C[C@H]2OCC2CC2)nn1. The molecule has 0 spiro atoms. The number of anilines is 1. The van der Waals surface area contributed by atoms with Crippen LogP contribution in [0.2, 0.25) is 0 Å². The van der Waals surface area contributed by atoms with Crippen LogP contribution in [0.15, 0.2) is 24.5 Å². The lowest BCUT2D eigenvalue weighted by molar-refractivity contribution is -0.0375. The molecule has 0 radical (unpaired) electrons. The Bertz CT molecular complexity index is 869. The van der Waals surface area contributed by atoms with Gasteiger partial charge in [0.25, 0.3) is 0 Å². The Kier molecular flexibility index (Phi) is 5.45. The average Bonchev–Trinajstić information content (AvgIpc) is 3.28. The zero-order valence-corrected chi connectivity index (χ0v) is 17.8. The van der Waals surface area contributed by atoms with Gasteiger partial charge in [0.2, 0.25) is 0 Å². The lowest BCUT2D eigenvalue weighted by atomic mass is 9.77. The molecular formula is C22H31FN6O. The normalized spacial score (nSPS) is 28.9. The van der Waals surface area contributed by atoms with Crippen LogP contribution >= 0.6 is 0 Å². The first-order chi connectivity index (χ1) is 14.6. The molecule has 5 rings (SSSR count). The first kappa shape index (κ1) is 19.9. The van der Waals surface area contributed by atoms with E-state index in [1.165, 1.54) is 18.9 Å². The van der Waals surface area contributed by atoms with Gasteiger partial charge in [0.1, 0.15) is 0 Å². The maximum atomic E-state index is 14.3. The molecule has 2 aliphatic carbocycles. The summed E-state index contributed by atoms with van der Waals surface area (Å²) in [5.41, 5.74) is 0.978. The van der Waals surface area contributed by atoms with Crippen LogP contribution in [-0.4, -0.2) is 64.8 Å². The second kappa shape index (κ2) is 8.23. The highest BCUT2D eigenvalue weighted by molar-refractivity contribution is 5.41. The molecule has 3 aliphatic rings. The Labute approximate surface area is 177 Å². The Morgan fingerprint density at radius 2 is 2.00 bits per heavy atom. The van der Waals surface area contributed by atoms with Gasteiger partial charge in [-0.2, -0.15) is 0 Å². The average molecular weight is 415 g/mol. The van der Waals surface area contributed by atoms with Crippen molar-refractivity contribution in [1.82, 2.24) is 24.9 Å². The molecule has 0 bridgehead atoms. The van der Waals surface area contributed by atoms with Crippen LogP contribution in [0.1, 0.15) is 37.4 Å². The van der Waals surface area contributed by atoms with Gasteiger partial charge < -0.3 is 14.5 Å². The van der Waals surface area contributed by atoms with Gasteiger partial charge >= 0.3 is 0 Å². The molecule has 30 heavy (non-hydrogen) atoms. The maximum Gasteiger partial charge on any atom is 0.165 e. The van der Waals surface area contributed by atoms with Crippen molar-refractivity contribution < 1.29 is 9.13 Å². The van der Waals surface area contributed by atoms with Gasteiger partial charge in [0.15, 0.2) is 11.6 Å². The number of aromatic nitrogens is 4. The minimum Gasteiger partial charge on any atom is -0.376 e. The van der Waals surface area contributed by atoms with Crippen LogP contribution in [0.4, 0.5) is 10.2 Å². The van der Waals surface area contributed by atoms with Crippen LogP contribution < -0.4 is 4.90 Å². The summed E-state index contributed by atoms with van der Waals surface area (Å²) in [5, 5.41) is 8.84. The lowest BCUT2D eigenvalue weighted by Gasteiger charge is -2.37. The van der Waals surface area contributed by atoms with E-state index in [4.69, 9.17) is 4.74 Å². The monoisotopic (exact) mass is 414 g/mol. The highest BCUT2D eigenvalue weighted by Gasteiger charge is 2.45. The van der Waals surface area contributed by atoms with Crippen LogP contribution in [0.25, 0.3) is 0 Å². The highest BCUT2D eigenvalue weighted by atomic mass is 19.1. The predicted molar refractivity (Wildman–Crippen MR) is 112 cm³/mol. The molecule has 2 aromatic rings. The number of ether oxygens (including phenoxy) is 1. The van der Waals surface area contributed by atoms with Crippen LogP contribution in [-0.2, 0) is 11.3 Å². The van der Waals surface area contributed by atoms with E-state index in [0.717, 1.165) is 50.7 Å². The molecule has 0 aromatic carbocycles. The fourth-order valence-corrected chi connectivity index (χ4v) is 5.05. The number of halogens is 1. The summed E-state index contributed by atoms with van der Waals surface area (Å²) in [6.07, 6.45) is 8.41. The summed E-state index contributed by atoms with van der Waals surface area (Å²) >= 11 is 0. The molecule has 1 aliphatic heterocycles. The van der Waals surface area contributed by atoms with Gasteiger partial charge in [-0.1, -0.05) is 5.21 Å². The van der Waals surface area contributed by atoms with Gasteiger partial charge in [-0.05, 0) is 69.7 Å². The Hall–Kier alpha value is -2.06. The van der Waals surface area contributed by atoms with Gasteiger partial charge in [0, 0.05) is 32.4 Å². The third kappa shape index (κ3) is 4.21. The second-order valence-electron chi connectivity index (χ2n) is 9.52. The number of nitrogens with zero attached hydrogens (tertiary/aromatic N) is 6. The molecule has 2 aromatic heterocycles. The first-order valence-electron chi connectivity index (χ1n) is 11.1. The molecule has 7 nitrogen and oxygen atoms in total.